The van der Waals surface area contributed by atoms with E-state index in [1.807, 2.05) is 0 Å². The van der Waals surface area contributed by atoms with E-state index in [-0.39, 0.29) is 22.8 Å². The number of esters is 1. The third-order valence-corrected chi connectivity index (χ3v) is 2.30. The van der Waals surface area contributed by atoms with Gasteiger partial charge in [-0.2, -0.15) is 5.26 Å². The van der Waals surface area contributed by atoms with E-state index in [2.05, 4.69) is 4.74 Å². The lowest BCUT2D eigenvalue weighted by atomic mass is 10.1. The maximum Gasteiger partial charge on any atom is 0.339 e. The van der Waals surface area contributed by atoms with Crippen LogP contribution in [0, 0.1) is 21.4 Å². The number of benzene rings is 1. The molecule has 0 radical (unpaired) electrons. The molecule has 1 aromatic carbocycles. The van der Waals surface area contributed by atoms with Crippen molar-refractivity contribution in [2.45, 2.75) is 6.92 Å². The van der Waals surface area contributed by atoms with Crippen LogP contribution in [-0.4, -0.2) is 17.5 Å². The van der Waals surface area contributed by atoms with Gasteiger partial charge in [-0.15, -0.1) is 0 Å². The number of halogens is 1. The molecule has 0 aliphatic carbocycles. The molecule has 0 aliphatic rings. The minimum Gasteiger partial charge on any atom is -0.462 e. The monoisotopic (exact) mass is 254 g/mol. The molecule has 0 saturated carbocycles. The molecule has 0 heterocycles. The van der Waals surface area contributed by atoms with E-state index < -0.39 is 16.6 Å². The van der Waals surface area contributed by atoms with Crippen molar-refractivity contribution in [2.75, 3.05) is 6.61 Å². The summed E-state index contributed by atoms with van der Waals surface area (Å²) >= 11 is 5.72. The van der Waals surface area contributed by atoms with Gasteiger partial charge in [0.25, 0.3) is 0 Å². The summed E-state index contributed by atoms with van der Waals surface area (Å²) < 4.78 is 4.69. The Morgan fingerprint density at radius 1 is 1.65 bits per heavy atom. The van der Waals surface area contributed by atoms with Crippen molar-refractivity contribution in [3.8, 4) is 6.07 Å². The number of nitriles is 1. The van der Waals surface area contributed by atoms with Gasteiger partial charge in [-0.05, 0) is 19.1 Å². The fourth-order valence-electron chi connectivity index (χ4n) is 1.20. The summed E-state index contributed by atoms with van der Waals surface area (Å²) in [7, 11) is 0. The number of carbonyl (C=O) groups is 1. The second-order valence-corrected chi connectivity index (χ2v) is 3.29. The molecule has 6 nitrogen and oxygen atoms in total. The van der Waals surface area contributed by atoms with Gasteiger partial charge in [0.1, 0.15) is 16.7 Å². The highest BCUT2D eigenvalue weighted by molar-refractivity contribution is 6.35. The number of hydrogen-bond donors (Lipinski definition) is 0. The molecule has 0 N–H and O–H groups in total. The predicted octanol–water partition coefficient (Wildman–Crippen LogP) is 2.30. The Kier molecular flexibility index (Phi) is 4.01. The highest BCUT2D eigenvalue weighted by atomic mass is 35.5. The molecule has 0 saturated heterocycles. The Morgan fingerprint density at radius 3 is 2.76 bits per heavy atom. The SMILES string of the molecule is CCOC(=O)c1ccc(C#N)c([N+](=O)[O-])c1Cl. The van der Waals surface area contributed by atoms with E-state index >= 15 is 0 Å². The standard InChI is InChI=1S/C10H7ClN2O4/c1-2-17-10(14)7-4-3-6(5-12)9(8(7)11)13(15)16/h3-4H,2H2,1H3. The highest BCUT2D eigenvalue weighted by Gasteiger charge is 2.25. The molecule has 0 amide bonds. The largest absolute Gasteiger partial charge is 0.462 e. The van der Waals surface area contributed by atoms with Gasteiger partial charge in [0.2, 0.25) is 0 Å². The number of rotatable bonds is 3. The molecule has 7 heteroatoms. The highest BCUT2D eigenvalue weighted by Crippen LogP contribution is 2.31. The fourth-order valence-corrected chi connectivity index (χ4v) is 1.51. The minimum absolute atomic E-state index is 0.126. The summed E-state index contributed by atoms with van der Waals surface area (Å²) in [6.07, 6.45) is 0. The summed E-state index contributed by atoms with van der Waals surface area (Å²) in [5.74, 6) is -0.759. The molecule has 0 bridgehead atoms. The molecule has 17 heavy (non-hydrogen) atoms. The number of carbonyl (C=O) groups excluding carboxylic acids is 1. The molecule has 0 aromatic heterocycles. The van der Waals surface area contributed by atoms with Crippen LogP contribution in [0.5, 0.6) is 0 Å². The average Bonchev–Trinajstić information content (AvgIpc) is 2.27. The molecule has 0 unspecified atom stereocenters. The van der Waals surface area contributed by atoms with Crippen molar-refractivity contribution in [3.05, 3.63) is 38.4 Å². The van der Waals surface area contributed by atoms with Crippen LogP contribution in [0.15, 0.2) is 12.1 Å². The minimum atomic E-state index is -0.802. The zero-order valence-electron chi connectivity index (χ0n) is 8.77. The van der Waals surface area contributed by atoms with Crippen molar-refractivity contribution in [3.63, 3.8) is 0 Å². The van der Waals surface area contributed by atoms with Crippen LogP contribution in [0.25, 0.3) is 0 Å². The number of hydrogen-bond acceptors (Lipinski definition) is 5. The van der Waals surface area contributed by atoms with Crippen LogP contribution in [0.4, 0.5) is 5.69 Å². The number of nitro groups is 1. The Balaban J connectivity index is 3.39. The van der Waals surface area contributed by atoms with Crippen molar-refractivity contribution < 1.29 is 14.5 Å². The van der Waals surface area contributed by atoms with Crippen LogP contribution in [0.2, 0.25) is 5.02 Å². The Morgan fingerprint density at radius 2 is 2.29 bits per heavy atom. The molecule has 0 aliphatic heterocycles. The van der Waals surface area contributed by atoms with Crippen LogP contribution in [-0.2, 0) is 4.74 Å². The fraction of sp³-hybridized carbons (Fsp3) is 0.200. The third kappa shape index (κ3) is 2.52. The Hall–Kier alpha value is -2.13. The van der Waals surface area contributed by atoms with Gasteiger partial charge in [0.15, 0.2) is 0 Å². The topological polar surface area (TPSA) is 93.2 Å². The first kappa shape index (κ1) is 12.9. The summed E-state index contributed by atoms with van der Waals surface area (Å²) in [6, 6.07) is 4.03. The van der Waals surface area contributed by atoms with Gasteiger partial charge < -0.3 is 4.74 Å². The van der Waals surface area contributed by atoms with E-state index in [0.29, 0.717) is 0 Å². The van der Waals surface area contributed by atoms with Crippen LogP contribution in [0.1, 0.15) is 22.8 Å². The molecular weight excluding hydrogens is 248 g/mol. The molecule has 0 fully saturated rings. The third-order valence-electron chi connectivity index (χ3n) is 1.91. The molecule has 88 valence electrons. The van der Waals surface area contributed by atoms with E-state index in [0.717, 1.165) is 6.07 Å². The molecule has 1 aromatic rings. The predicted molar refractivity (Wildman–Crippen MR) is 58.8 cm³/mol. The van der Waals surface area contributed by atoms with Gasteiger partial charge in [0, 0.05) is 0 Å². The average molecular weight is 255 g/mol. The summed E-state index contributed by atoms with van der Waals surface area (Å²) in [4.78, 5) is 21.4. The maximum atomic E-state index is 11.4. The lowest BCUT2D eigenvalue weighted by Gasteiger charge is -2.05. The van der Waals surface area contributed by atoms with E-state index in [1.54, 1.807) is 13.0 Å². The molecule has 0 atom stereocenters. The molecular formula is C10H7ClN2O4. The Bertz CT molecular complexity index is 522. The first-order chi connectivity index (χ1) is 8.02. The Labute approximate surface area is 102 Å². The van der Waals surface area contributed by atoms with Crippen molar-refractivity contribution in [1.82, 2.24) is 0 Å². The zero-order valence-corrected chi connectivity index (χ0v) is 9.52. The number of nitro benzene ring substituents is 1. The smallest absolute Gasteiger partial charge is 0.339 e. The summed E-state index contributed by atoms with van der Waals surface area (Å²) in [6.45, 7) is 1.73. The molecule has 0 spiro atoms. The quantitative estimate of drug-likeness (QED) is 0.469. The van der Waals surface area contributed by atoms with Gasteiger partial charge in [0.05, 0.1) is 17.1 Å². The van der Waals surface area contributed by atoms with E-state index in [1.165, 1.54) is 6.07 Å². The lowest BCUT2D eigenvalue weighted by molar-refractivity contribution is -0.385. The zero-order chi connectivity index (χ0) is 13.0. The first-order valence-corrected chi connectivity index (χ1v) is 4.94. The van der Waals surface area contributed by atoms with Gasteiger partial charge in [-0.1, -0.05) is 11.6 Å². The first-order valence-electron chi connectivity index (χ1n) is 4.57. The number of nitrogens with zero attached hydrogens (tertiary/aromatic N) is 2. The van der Waals surface area contributed by atoms with Crippen molar-refractivity contribution >= 4 is 23.3 Å². The number of ether oxygens (including phenoxy) is 1. The van der Waals surface area contributed by atoms with Crippen LogP contribution < -0.4 is 0 Å². The lowest BCUT2D eigenvalue weighted by Crippen LogP contribution is -2.07. The maximum absolute atomic E-state index is 11.4. The van der Waals surface area contributed by atoms with E-state index in [4.69, 9.17) is 16.9 Å². The van der Waals surface area contributed by atoms with Gasteiger partial charge >= 0.3 is 11.7 Å². The molecule has 1 rings (SSSR count). The second-order valence-electron chi connectivity index (χ2n) is 2.91. The normalized spacial score (nSPS) is 9.47. The van der Waals surface area contributed by atoms with Crippen LogP contribution in [0.3, 0.4) is 0 Å². The summed E-state index contributed by atoms with van der Waals surface area (Å²) in [5.41, 5.74) is -0.910. The van der Waals surface area contributed by atoms with Gasteiger partial charge in [-0.25, -0.2) is 4.79 Å². The van der Waals surface area contributed by atoms with Crippen molar-refractivity contribution in [2.24, 2.45) is 0 Å². The second kappa shape index (κ2) is 5.27. The summed E-state index contributed by atoms with van der Waals surface area (Å²) in [5, 5.41) is 19.1. The van der Waals surface area contributed by atoms with Crippen LogP contribution >= 0.6 is 11.6 Å². The van der Waals surface area contributed by atoms with Crippen molar-refractivity contribution in [1.29, 1.82) is 5.26 Å². The van der Waals surface area contributed by atoms with Gasteiger partial charge in [-0.3, -0.25) is 10.1 Å². The van der Waals surface area contributed by atoms with E-state index in [9.17, 15) is 14.9 Å².